The Morgan fingerprint density at radius 2 is 1.81 bits per heavy atom. The van der Waals surface area contributed by atoms with Gasteiger partial charge < -0.3 is 5.11 Å². The van der Waals surface area contributed by atoms with Crippen LogP contribution in [-0.2, 0) is 14.6 Å². The minimum absolute atomic E-state index is 0.205. The molecule has 0 unspecified atom stereocenters. The SMILES string of the molecule is CCC1CCC(S(=O)(=O)CCC(=O)O)CC1. The zero-order valence-electron chi connectivity index (χ0n) is 9.68. The zero-order valence-corrected chi connectivity index (χ0v) is 10.5. The molecule has 0 amide bonds. The van der Waals surface area contributed by atoms with Crippen LogP contribution in [0.15, 0.2) is 0 Å². The van der Waals surface area contributed by atoms with E-state index in [4.69, 9.17) is 5.11 Å². The van der Waals surface area contributed by atoms with Crippen molar-refractivity contribution >= 4 is 15.8 Å². The summed E-state index contributed by atoms with van der Waals surface area (Å²) in [6.07, 6.45) is 4.19. The van der Waals surface area contributed by atoms with Crippen LogP contribution in [0.5, 0.6) is 0 Å². The largest absolute Gasteiger partial charge is 0.481 e. The predicted molar refractivity (Wildman–Crippen MR) is 62.1 cm³/mol. The fourth-order valence-electron chi connectivity index (χ4n) is 2.30. The first-order valence-electron chi connectivity index (χ1n) is 5.89. The summed E-state index contributed by atoms with van der Waals surface area (Å²) in [6.45, 7) is 2.13. The number of sulfone groups is 1. The number of carbonyl (C=O) groups is 1. The number of carboxylic acid groups (broad SMARTS) is 1. The Balaban J connectivity index is 2.48. The van der Waals surface area contributed by atoms with Crippen LogP contribution in [0.3, 0.4) is 0 Å². The molecule has 4 nitrogen and oxygen atoms in total. The Hall–Kier alpha value is -0.580. The van der Waals surface area contributed by atoms with E-state index >= 15 is 0 Å². The molecule has 5 heteroatoms. The van der Waals surface area contributed by atoms with Crippen molar-refractivity contribution in [3.63, 3.8) is 0 Å². The molecule has 0 aromatic carbocycles. The molecule has 1 rings (SSSR count). The second kappa shape index (κ2) is 5.66. The van der Waals surface area contributed by atoms with E-state index < -0.39 is 15.8 Å². The Morgan fingerprint density at radius 3 is 2.25 bits per heavy atom. The van der Waals surface area contributed by atoms with E-state index in [1.807, 2.05) is 0 Å². The Labute approximate surface area is 97.0 Å². The van der Waals surface area contributed by atoms with Gasteiger partial charge in [-0.25, -0.2) is 8.42 Å². The van der Waals surface area contributed by atoms with Crippen LogP contribution in [-0.4, -0.2) is 30.5 Å². The van der Waals surface area contributed by atoms with Crippen molar-refractivity contribution in [1.29, 1.82) is 0 Å². The van der Waals surface area contributed by atoms with E-state index in [0.717, 1.165) is 19.3 Å². The van der Waals surface area contributed by atoms with E-state index in [9.17, 15) is 13.2 Å². The summed E-state index contributed by atoms with van der Waals surface area (Å²) in [7, 11) is -3.19. The molecule has 0 radical (unpaired) electrons. The summed E-state index contributed by atoms with van der Waals surface area (Å²) in [6, 6.07) is 0. The predicted octanol–water partition coefficient (Wildman–Crippen LogP) is 1.84. The molecule has 1 saturated carbocycles. The molecule has 0 saturated heterocycles. The lowest BCUT2D eigenvalue weighted by Crippen LogP contribution is -2.29. The number of rotatable bonds is 5. The highest BCUT2D eigenvalue weighted by molar-refractivity contribution is 7.92. The van der Waals surface area contributed by atoms with Crippen molar-refractivity contribution in [3.05, 3.63) is 0 Å². The topological polar surface area (TPSA) is 71.4 Å². The number of aliphatic carboxylic acids is 1. The number of hydrogen-bond donors (Lipinski definition) is 1. The van der Waals surface area contributed by atoms with E-state index in [1.54, 1.807) is 0 Å². The first kappa shape index (κ1) is 13.5. The van der Waals surface area contributed by atoms with Crippen molar-refractivity contribution < 1.29 is 18.3 Å². The third kappa shape index (κ3) is 3.77. The highest BCUT2D eigenvalue weighted by atomic mass is 32.2. The molecule has 0 aliphatic heterocycles. The highest BCUT2D eigenvalue weighted by Crippen LogP contribution is 2.30. The van der Waals surface area contributed by atoms with Gasteiger partial charge in [0.05, 0.1) is 17.4 Å². The van der Waals surface area contributed by atoms with Crippen molar-refractivity contribution in [1.82, 2.24) is 0 Å². The van der Waals surface area contributed by atoms with Crippen LogP contribution < -0.4 is 0 Å². The van der Waals surface area contributed by atoms with E-state index in [-0.39, 0.29) is 17.4 Å². The van der Waals surface area contributed by atoms with Crippen molar-refractivity contribution in [3.8, 4) is 0 Å². The average Bonchev–Trinajstić information content (AvgIpc) is 2.27. The molecule has 1 aliphatic carbocycles. The standard InChI is InChI=1S/C11H20O4S/c1-2-9-3-5-10(6-4-9)16(14,15)8-7-11(12)13/h9-10H,2-8H2,1H3,(H,12,13). The molecule has 0 spiro atoms. The molecule has 0 heterocycles. The van der Waals surface area contributed by atoms with Gasteiger partial charge in [-0.05, 0) is 31.6 Å². The van der Waals surface area contributed by atoms with Gasteiger partial charge in [0.15, 0.2) is 9.84 Å². The summed E-state index contributed by atoms with van der Waals surface area (Å²) in [5.41, 5.74) is 0. The Morgan fingerprint density at radius 1 is 1.25 bits per heavy atom. The third-order valence-electron chi connectivity index (χ3n) is 3.48. The summed E-state index contributed by atoms with van der Waals surface area (Å²) in [5.74, 6) is -0.583. The molecular formula is C11H20O4S. The maximum Gasteiger partial charge on any atom is 0.304 e. The second-order valence-electron chi connectivity index (χ2n) is 4.56. The van der Waals surface area contributed by atoms with Crippen LogP contribution in [0, 0.1) is 5.92 Å². The van der Waals surface area contributed by atoms with Gasteiger partial charge in [0.25, 0.3) is 0 Å². The maximum absolute atomic E-state index is 11.8. The zero-order chi connectivity index (χ0) is 12.2. The van der Waals surface area contributed by atoms with Gasteiger partial charge in [-0.2, -0.15) is 0 Å². The monoisotopic (exact) mass is 248 g/mol. The maximum atomic E-state index is 11.8. The van der Waals surface area contributed by atoms with E-state index in [0.29, 0.717) is 18.8 Å². The highest BCUT2D eigenvalue weighted by Gasteiger charge is 2.30. The van der Waals surface area contributed by atoms with Crippen molar-refractivity contribution in [2.75, 3.05) is 5.75 Å². The molecule has 94 valence electrons. The number of hydrogen-bond acceptors (Lipinski definition) is 3. The summed E-state index contributed by atoms with van der Waals surface area (Å²) >= 11 is 0. The van der Waals surface area contributed by atoms with E-state index in [1.165, 1.54) is 0 Å². The molecule has 1 fully saturated rings. The fourth-order valence-corrected chi connectivity index (χ4v) is 4.08. The van der Waals surface area contributed by atoms with Gasteiger partial charge in [-0.15, -0.1) is 0 Å². The minimum atomic E-state index is -3.19. The van der Waals surface area contributed by atoms with Gasteiger partial charge >= 0.3 is 5.97 Å². The Bertz CT molecular complexity index is 326. The van der Waals surface area contributed by atoms with Crippen LogP contribution in [0.2, 0.25) is 0 Å². The summed E-state index contributed by atoms with van der Waals surface area (Å²) < 4.78 is 23.6. The number of carboxylic acids is 1. The lowest BCUT2D eigenvalue weighted by Gasteiger charge is -2.27. The molecule has 1 N–H and O–H groups in total. The molecule has 0 aromatic rings. The molecule has 0 bridgehead atoms. The first-order valence-corrected chi connectivity index (χ1v) is 7.60. The van der Waals surface area contributed by atoms with E-state index in [2.05, 4.69) is 6.92 Å². The normalized spacial score (nSPS) is 26.6. The summed E-state index contributed by atoms with van der Waals surface area (Å²) in [4.78, 5) is 10.4. The summed E-state index contributed by atoms with van der Waals surface area (Å²) in [5, 5.41) is 8.19. The lowest BCUT2D eigenvalue weighted by molar-refractivity contribution is -0.136. The van der Waals surface area contributed by atoms with Crippen LogP contribution >= 0.6 is 0 Å². The quantitative estimate of drug-likeness (QED) is 0.806. The third-order valence-corrected chi connectivity index (χ3v) is 5.74. The van der Waals surface area contributed by atoms with Crippen LogP contribution in [0.4, 0.5) is 0 Å². The molecule has 1 aliphatic rings. The molecule has 0 atom stereocenters. The van der Waals surface area contributed by atoms with Crippen molar-refractivity contribution in [2.24, 2.45) is 5.92 Å². The first-order chi connectivity index (χ1) is 7.45. The lowest BCUT2D eigenvalue weighted by atomic mass is 9.87. The van der Waals surface area contributed by atoms with Crippen molar-refractivity contribution in [2.45, 2.75) is 50.7 Å². The smallest absolute Gasteiger partial charge is 0.304 e. The second-order valence-corrected chi connectivity index (χ2v) is 6.96. The van der Waals surface area contributed by atoms with Gasteiger partial charge in [-0.3, -0.25) is 4.79 Å². The van der Waals surface area contributed by atoms with Crippen LogP contribution in [0.1, 0.15) is 45.4 Å². The van der Waals surface area contributed by atoms with Gasteiger partial charge in [0.1, 0.15) is 0 Å². The van der Waals surface area contributed by atoms with Gasteiger partial charge in [0.2, 0.25) is 0 Å². The van der Waals surface area contributed by atoms with Crippen LogP contribution in [0.25, 0.3) is 0 Å². The molecule has 16 heavy (non-hydrogen) atoms. The molecular weight excluding hydrogens is 228 g/mol. The minimum Gasteiger partial charge on any atom is -0.481 e. The molecule has 0 aromatic heterocycles. The fraction of sp³-hybridized carbons (Fsp3) is 0.909. The van der Waals surface area contributed by atoms with Gasteiger partial charge in [-0.1, -0.05) is 13.3 Å². The van der Waals surface area contributed by atoms with Gasteiger partial charge in [0, 0.05) is 0 Å². The Kier molecular flexibility index (Phi) is 4.77. The average molecular weight is 248 g/mol.